The third-order valence-electron chi connectivity index (χ3n) is 7.96. The van der Waals surface area contributed by atoms with Gasteiger partial charge in [-0.1, -0.05) is 83.6 Å². The number of ketones is 1. The molecule has 5 aromatic rings. The molecule has 1 N–H and O–H groups in total. The summed E-state index contributed by atoms with van der Waals surface area (Å²) in [5, 5.41) is 11.8. The highest BCUT2D eigenvalue weighted by Gasteiger charge is 2.48. The lowest BCUT2D eigenvalue weighted by atomic mass is 9.95. The molecule has 1 atom stereocenters. The van der Waals surface area contributed by atoms with Crippen LogP contribution in [0.25, 0.3) is 5.76 Å². The molecule has 1 aromatic heterocycles. The lowest BCUT2D eigenvalue weighted by Gasteiger charge is -2.23. The minimum atomic E-state index is -1.04. The Hall–Kier alpha value is -5.74. The summed E-state index contributed by atoms with van der Waals surface area (Å²) in [5.74, 6) is -1.51. The van der Waals surface area contributed by atoms with Gasteiger partial charge in [0, 0.05) is 5.56 Å². The van der Waals surface area contributed by atoms with Crippen LogP contribution in [0.4, 0.5) is 5.13 Å². The van der Waals surface area contributed by atoms with E-state index in [4.69, 9.17) is 14.2 Å². The molecule has 49 heavy (non-hydrogen) atoms. The van der Waals surface area contributed by atoms with Crippen LogP contribution in [0.15, 0.2) is 109 Å². The number of aliphatic hydroxyl groups is 1. The predicted octanol–water partition coefficient (Wildman–Crippen LogP) is 7.72. The van der Waals surface area contributed by atoms with E-state index in [0.717, 1.165) is 28.0 Å². The van der Waals surface area contributed by atoms with Gasteiger partial charge in [0.1, 0.15) is 35.3 Å². The molecule has 0 bridgehead atoms. The first-order valence-corrected chi connectivity index (χ1v) is 16.6. The molecule has 1 aliphatic heterocycles. The molecule has 1 amide bonds. The average molecular weight is 675 g/mol. The number of nitrogens with zero attached hydrogens (tertiary/aromatic N) is 2. The van der Waals surface area contributed by atoms with E-state index >= 15 is 0 Å². The molecule has 1 aliphatic rings. The zero-order valence-electron chi connectivity index (χ0n) is 27.2. The van der Waals surface area contributed by atoms with Crippen LogP contribution in [0, 0.1) is 13.8 Å². The fourth-order valence-electron chi connectivity index (χ4n) is 5.54. The molecule has 1 saturated heterocycles. The van der Waals surface area contributed by atoms with Crippen molar-refractivity contribution in [2.24, 2.45) is 0 Å². The van der Waals surface area contributed by atoms with Crippen molar-refractivity contribution in [3.05, 3.63) is 147 Å². The molecular formula is C39H34N2O7S. The minimum absolute atomic E-state index is 0.109. The molecule has 1 unspecified atom stereocenters. The standard InChI is InChI=1S/C39H34N2O7S/c1-4-46-38(45)36-25(3)40-39(49-36)41-33(28-13-17-30(18-14-28)47-22-26-10-6-5-7-11-26)32(35(43)37(41)44)34(42)29-15-19-31(20-16-29)48-23-27-12-8-9-24(2)21-27/h5-21,33,42H,4,22-23H2,1-3H3/b34-32+. The smallest absolute Gasteiger partial charge is 0.350 e. The van der Waals surface area contributed by atoms with Crippen molar-refractivity contribution in [1.82, 2.24) is 4.98 Å². The van der Waals surface area contributed by atoms with Gasteiger partial charge in [0.2, 0.25) is 0 Å². The SMILES string of the molecule is CCOC(=O)c1sc(N2C(=O)C(=O)/C(=C(/O)c3ccc(OCc4cccc(C)c4)cc3)C2c2ccc(OCc3ccccc3)cc2)nc1C. The van der Waals surface area contributed by atoms with Crippen LogP contribution in [0.3, 0.4) is 0 Å². The first-order valence-electron chi connectivity index (χ1n) is 15.7. The van der Waals surface area contributed by atoms with E-state index in [9.17, 15) is 19.5 Å². The van der Waals surface area contributed by atoms with Gasteiger partial charge >= 0.3 is 11.9 Å². The Kier molecular flexibility index (Phi) is 9.87. The van der Waals surface area contributed by atoms with Gasteiger partial charge < -0.3 is 19.3 Å². The quantitative estimate of drug-likeness (QED) is 0.0656. The fraction of sp³-hybridized carbons (Fsp3) is 0.179. The highest BCUT2D eigenvalue weighted by atomic mass is 32.1. The van der Waals surface area contributed by atoms with Crippen LogP contribution in [0.5, 0.6) is 11.5 Å². The monoisotopic (exact) mass is 674 g/mol. The van der Waals surface area contributed by atoms with Crippen LogP contribution in [-0.4, -0.2) is 34.4 Å². The number of aliphatic hydroxyl groups excluding tert-OH is 1. The Labute approximate surface area is 288 Å². The number of rotatable bonds is 11. The zero-order valence-corrected chi connectivity index (χ0v) is 28.0. The number of aryl methyl sites for hydroxylation is 2. The number of ether oxygens (including phenoxy) is 3. The van der Waals surface area contributed by atoms with Gasteiger partial charge in [-0.15, -0.1) is 0 Å². The number of thiazole rings is 1. The molecule has 6 rings (SSSR count). The number of hydrogen-bond acceptors (Lipinski definition) is 9. The van der Waals surface area contributed by atoms with Gasteiger partial charge in [-0.05, 0) is 73.9 Å². The summed E-state index contributed by atoms with van der Waals surface area (Å²) in [6, 6.07) is 30.3. The lowest BCUT2D eigenvalue weighted by molar-refractivity contribution is -0.132. The van der Waals surface area contributed by atoms with Gasteiger partial charge in [0.15, 0.2) is 5.13 Å². The maximum Gasteiger partial charge on any atom is 0.350 e. The number of benzene rings is 4. The third-order valence-corrected chi connectivity index (χ3v) is 9.09. The van der Waals surface area contributed by atoms with E-state index in [1.807, 2.05) is 61.5 Å². The molecule has 10 heteroatoms. The highest BCUT2D eigenvalue weighted by Crippen LogP contribution is 2.44. The van der Waals surface area contributed by atoms with Crippen LogP contribution < -0.4 is 14.4 Å². The van der Waals surface area contributed by atoms with E-state index in [1.54, 1.807) is 62.4 Å². The van der Waals surface area contributed by atoms with Gasteiger partial charge in [-0.2, -0.15) is 0 Å². The van der Waals surface area contributed by atoms with Crippen molar-refractivity contribution in [2.45, 2.75) is 40.0 Å². The van der Waals surface area contributed by atoms with E-state index in [0.29, 0.717) is 41.5 Å². The summed E-state index contributed by atoms with van der Waals surface area (Å²) in [7, 11) is 0. The van der Waals surface area contributed by atoms with Crippen molar-refractivity contribution in [2.75, 3.05) is 11.5 Å². The molecule has 0 saturated carbocycles. The molecular weight excluding hydrogens is 641 g/mol. The largest absolute Gasteiger partial charge is 0.507 e. The number of Topliss-reactive ketones (excluding diaryl/α,β-unsaturated/α-hetero) is 1. The maximum atomic E-state index is 13.7. The van der Waals surface area contributed by atoms with Crippen molar-refractivity contribution in [3.63, 3.8) is 0 Å². The van der Waals surface area contributed by atoms with Crippen LogP contribution in [-0.2, 0) is 27.5 Å². The van der Waals surface area contributed by atoms with Crippen LogP contribution in [0.2, 0.25) is 0 Å². The second-order valence-corrected chi connectivity index (χ2v) is 12.4. The molecule has 4 aromatic carbocycles. The summed E-state index contributed by atoms with van der Waals surface area (Å²) in [6.45, 7) is 6.25. The minimum Gasteiger partial charge on any atom is -0.507 e. The van der Waals surface area contributed by atoms with Crippen molar-refractivity contribution < 1.29 is 33.7 Å². The topological polar surface area (TPSA) is 115 Å². The first kappa shape index (κ1) is 33.2. The third kappa shape index (κ3) is 7.24. The Morgan fingerprint density at radius 1 is 0.837 bits per heavy atom. The van der Waals surface area contributed by atoms with Crippen molar-refractivity contribution in [1.29, 1.82) is 0 Å². The van der Waals surface area contributed by atoms with Crippen LogP contribution >= 0.6 is 11.3 Å². The Morgan fingerprint density at radius 2 is 1.47 bits per heavy atom. The predicted molar refractivity (Wildman–Crippen MR) is 187 cm³/mol. The second kappa shape index (κ2) is 14.6. The van der Waals surface area contributed by atoms with Gasteiger partial charge in [-0.25, -0.2) is 9.78 Å². The molecule has 248 valence electrons. The Balaban J connectivity index is 1.34. The van der Waals surface area contributed by atoms with Crippen molar-refractivity contribution in [3.8, 4) is 11.5 Å². The van der Waals surface area contributed by atoms with Crippen LogP contribution in [0.1, 0.15) is 56.1 Å². The summed E-state index contributed by atoms with van der Waals surface area (Å²) in [6.07, 6.45) is 0. The van der Waals surface area contributed by atoms with E-state index in [2.05, 4.69) is 4.98 Å². The van der Waals surface area contributed by atoms with Crippen molar-refractivity contribution >= 4 is 39.9 Å². The van der Waals surface area contributed by atoms with E-state index in [1.165, 1.54) is 4.90 Å². The lowest BCUT2D eigenvalue weighted by Crippen LogP contribution is -2.29. The molecule has 0 aliphatic carbocycles. The Morgan fingerprint density at radius 3 is 2.12 bits per heavy atom. The number of carbonyl (C=O) groups excluding carboxylic acids is 3. The summed E-state index contributed by atoms with van der Waals surface area (Å²) in [5.41, 5.74) is 4.28. The van der Waals surface area contributed by atoms with Gasteiger partial charge in [-0.3, -0.25) is 14.5 Å². The molecule has 0 spiro atoms. The number of esters is 1. The normalized spacial score (nSPS) is 15.3. The van der Waals surface area contributed by atoms with Gasteiger partial charge in [0.05, 0.1) is 23.9 Å². The first-order chi connectivity index (χ1) is 23.7. The number of anilines is 1. The highest BCUT2D eigenvalue weighted by molar-refractivity contribution is 7.17. The summed E-state index contributed by atoms with van der Waals surface area (Å²) < 4.78 is 17.1. The average Bonchev–Trinajstić information content (AvgIpc) is 3.63. The zero-order chi connectivity index (χ0) is 34.5. The number of hydrogen-bond donors (Lipinski definition) is 1. The van der Waals surface area contributed by atoms with Gasteiger partial charge in [0.25, 0.3) is 5.78 Å². The number of carbonyl (C=O) groups is 3. The summed E-state index contributed by atoms with van der Waals surface area (Å²) >= 11 is 0.956. The summed E-state index contributed by atoms with van der Waals surface area (Å²) in [4.78, 5) is 46.0. The Bertz CT molecular complexity index is 2020. The molecule has 9 nitrogen and oxygen atoms in total. The molecule has 2 heterocycles. The molecule has 1 fully saturated rings. The maximum absolute atomic E-state index is 13.7. The number of amides is 1. The second-order valence-electron chi connectivity index (χ2n) is 11.4. The van der Waals surface area contributed by atoms with E-state index in [-0.39, 0.29) is 27.9 Å². The molecule has 0 radical (unpaired) electrons. The number of aromatic nitrogens is 1. The fourth-order valence-corrected chi connectivity index (χ4v) is 6.52. The van der Waals surface area contributed by atoms with E-state index < -0.39 is 23.7 Å².